The van der Waals surface area contributed by atoms with Crippen LogP contribution in [0.25, 0.3) is 10.8 Å². The fourth-order valence-corrected chi connectivity index (χ4v) is 5.58. The highest BCUT2D eigenvalue weighted by Gasteiger charge is 2.37. The van der Waals surface area contributed by atoms with Crippen LogP contribution in [0, 0.1) is 5.92 Å². The molecule has 8 nitrogen and oxygen atoms in total. The summed E-state index contributed by atoms with van der Waals surface area (Å²) < 4.78 is 0. The van der Waals surface area contributed by atoms with Gasteiger partial charge in [0.25, 0.3) is 11.8 Å². The van der Waals surface area contributed by atoms with Gasteiger partial charge in [-0.1, -0.05) is 62.4 Å². The zero-order valence-electron chi connectivity index (χ0n) is 22.2. The number of amides is 3. The predicted molar refractivity (Wildman–Crippen MR) is 147 cm³/mol. The van der Waals surface area contributed by atoms with Crippen LogP contribution in [0.15, 0.2) is 60.7 Å². The number of carbonyl (C=O) groups excluding carboxylic acids is 3. The quantitative estimate of drug-likeness (QED) is 0.409. The van der Waals surface area contributed by atoms with Crippen molar-refractivity contribution in [3.63, 3.8) is 0 Å². The summed E-state index contributed by atoms with van der Waals surface area (Å²) >= 11 is 0. The van der Waals surface area contributed by atoms with Crippen LogP contribution in [-0.2, 0) is 22.6 Å². The van der Waals surface area contributed by atoms with E-state index in [2.05, 4.69) is 11.4 Å². The van der Waals surface area contributed by atoms with Gasteiger partial charge >= 0.3 is 5.97 Å². The predicted octanol–water partition coefficient (Wildman–Crippen LogP) is 3.87. The number of imide groups is 1. The first-order valence-electron chi connectivity index (χ1n) is 13.5. The maximum atomic E-state index is 13.6. The van der Waals surface area contributed by atoms with Crippen LogP contribution in [-0.4, -0.2) is 63.8 Å². The van der Waals surface area contributed by atoms with E-state index in [9.17, 15) is 24.3 Å². The van der Waals surface area contributed by atoms with E-state index < -0.39 is 29.9 Å². The minimum absolute atomic E-state index is 0.00890. The molecular formula is C31H33N3O5. The number of rotatable bonds is 9. The maximum Gasteiger partial charge on any atom is 0.320 e. The van der Waals surface area contributed by atoms with Crippen molar-refractivity contribution in [1.29, 1.82) is 0 Å². The van der Waals surface area contributed by atoms with Crippen LogP contribution in [0.2, 0.25) is 0 Å². The van der Waals surface area contributed by atoms with E-state index in [1.807, 2.05) is 56.3 Å². The van der Waals surface area contributed by atoms with Crippen LogP contribution < -0.4 is 5.32 Å². The molecule has 0 saturated carbocycles. The monoisotopic (exact) mass is 527 g/mol. The Morgan fingerprint density at radius 1 is 0.897 bits per heavy atom. The summed E-state index contributed by atoms with van der Waals surface area (Å²) in [6.07, 6.45) is 1.22. The number of nitrogens with one attached hydrogen (secondary N) is 1. The lowest BCUT2D eigenvalue weighted by Gasteiger charge is -2.34. The molecule has 2 N–H and O–H groups in total. The Balaban J connectivity index is 1.29. The lowest BCUT2D eigenvalue weighted by molar-refractivity contribution is -0.141. The molecule has 1 unspecified atom stereocenters. The summed E-state index contributed by atoms with van der Waals surface area (Å²) in [5.74, 6) is -1.94. The average molecular weight is 528 g/mol. The summed E-state index contributed by atoms with van der Waals surface area (Å²) in [6, 6.07) is 17.2. The van der Waals surface area contributed by atoms with Crippen molar-refractivity contribution in [3.05, 3.63) is 82.9 Å². The number of benzene rings is 3. The molecule has 3 aromatic carbocycles. The molecule has 2 aliphatic rings. The third-order valence-corrected chi connectivity index (χ3v) is 7.63. The van der Waals surface area contributed by atoms with Crippen molar-refractivity contribution in [2.75, 3.05) is 13.1 Å². The van der Waals surface area contributed by atoms with Crippen molar-refractivity contribution < 1.29 is 24.3 Å². The average Bonchev–Trinajstić information content (AvgIpc) is 3.16. The zero-order chi connectivity index (χ0) is 27.7. The Labute approximate surface area is 227 Å². The van der Waals surface area contributed by atoms with Gasteiger partial charge in [-0.15, -0.1) is 0 Å². The highest BCUT2D eigenvalue weighted by atomic mass is 16.4. The van der Waals surface area contributed by atoms with Gasteiger partial charge in [-0.05, 0) is 59.2 Å². The number of aliphatic carboxylic acids is 1. The van der Waals surface area contributed by atoms with Gasteiger partial charge < -0.3 is 10.0 Å². The first kappa shape index (κ1) is 26.6. The summed E-state index contributed by atoms with van der Waals surface area (Å²) in [7, 11) is 0. The van der Waals surface area contributed by atoms with Gasteiger partial charge in [-0.25, -0.2) is 0 Å². The molecular weight excluding hydrogens is 494 g/mol. The minimum atomic E-state index is -1.12. The normalized spacial score (nSPS) is 16.4. The van der Waals surface area contributed by atoms with Gasteiger partial charge in [0.15, 0.2) is 0 Å². The van der Waals surface area contributed by atoms with Crippen molar-refractivity contribution >= 4 is 34.5 Å². The lowest BCUT2D eigenvalue weighted by Crippen LogP contribution is -2.54. The molecule has 3 amide bonds. The van der Waals surface area contributed by atoms with Gasteiger partial charge in [0, 0.05) is 19.6 Å². The highest BCUT2D eigenvalue weighted by molar-refractivity contribution is 6.23. The van der Waals surface area contributed by atoms with E-state index >= 15 is 0 Å². The van der Waals surface area contributed by atoms with E-state index in [4.69, 9.17) is 0 Å². The molecule has 3 aromatic rings. The van der Waals surface area contributed by atoms with Crippen LogP contribution >= 0.6 is 0 Å². The van der Waals surface area contributed by atoms with E-state index in [0.717, 1.165) is 27.7 Å². The Hall–Kier alpha value is -4.04. The van der Waals surface area contributed by atoms with E-state index in [0.29, 0.717) is 30.6 Å². The molecule has 0 bridgehead atoms. The Kier molecular flexibility index (Phi) is 7.48. The van der Waals surface area contributed by atoms with Crippen LogP contribution in [0.3, 0.4) is 0 Å². The fraction of sp³-hybridized carbons (Fsp3) is 0.355. The van der Waals surface area contributed by atoms with Crippen molar-refractivity contribution in [2.24, 2.45) is 5.92 Å². The van der Waals surface area contributed by atoms with Gasteiger partial charge in [0.1, 0.15) is 6.04 Å². The molecule has 2 heterocycles. The van der Waals surface area contributed by atoms with Crippen LogP contribution in [0.1, 0.15) is 58.5 Å². The summed E-state index contributed by atoms with van der Waals surface area (Å²) in [5.41, 5.74) is 2.99. The van der Waals surface area contributed by atoms with Crippen molar-refractivity contribution in [2.45, 2.75) is 51.7 Å². The van der Waals surface area contributed by atoms with Gasteiger partial charge in [-0.2, -0.15) is 0 Å². The molecule has 202 valence electrons. The number of hydrogen-bond acceptors (Lipinski definition) is 5. The smallest absolute Gasteiger partial charge is 0.320 e. The van der Waals surface area contributed by atoms with Crippen molar-refractivity contribution in [3.8, 4) is 0 Å². The molecule has 0 aromatic heterocycles. The summed E-state index contributed by atoms with van der Waals surface area (Å²) in [5, 5.41) is 14.8. The lowest BCUT2D eigenvalue weighted by atomic mass is 9.97. The Bertz CT molecular complexity index is 1390. The Morgan fingerprint density at radius 2 is 1.49 bits per heavy atom. The molecule has 2 aliphatic heterocycles. The molecule has 0 radical (unpaired) electrons. The second kappa shape index (κ2) is 11.0. The molecule has 5 rings (SSSR count). The molecule has 0 fully saturated rings. The molecule has 8 heteroatoms. The Morgan fingerprint density at radius 3 is 2.08 bits per heavy atom. The molecule has 39 heavy (non-hydrogen) atoms. The third-order valence-electron chi connectivity index (χ3n) is 7.63. The third kappa shape index (κ3) is 5.43. The largest absolute Gasteiger partial charge is 0.480 e. The first-order chi connectivity index (χ1) is 18.7. The van der Waals surface area contributed by atoms with Crippen LogP contribution in [0.5, 0.6) is 0 Å². The highest BCUT2D eigenvalue weighted by Crippen LogP contribution is 2.28. The standard InChI is InChI=1S/C31H33N3O5/c1-19(2)15-27(30(37)33-13-11-20-7-3-6-10-23(20)18-33)32-26(31(38)39)12-14-34-28(35)24-16-21-8-4-5-9-22(21)17-25(24)29(34)36/h3-10,16-17,19,26-27,32H,11-15,18H2,1-2H3,(H,38,39)/t26?,27-/m0/s1. The van der Waals surface area contributed by atoms with E-state index in [1.54, 1.807) is 17.0 Å². The van der Waals surface area contributed by atoms with E-state index in [-0.39, 0.29) is 24.8 Å². The van der Waals surface area contributed by atoms with Crippen LogP contribution in [0.4, 0.5) is 0 Å². The molecule has 0 aliphatic carbocycles. The van der Waals surface area contributed by atoms with Gasteiger partial charge in [0.2, 0.25) is 5.91 Å². The maximum absolute atomic E-state index is 13.6. The molecule has 2 atom stereocenters. The summed E-state index contributed by atoms with van der Waals surface area (Å²) in [6.45, 7) is 4.99. The van der Waals surface area contributed by atoms with E-state index in [1.165, 1.54) is 5.56 Å². The SMILES string of the molecule is CC(C)C[C@H](NC(CCN1C(=O)c2cc3ccccc3cc2C1=O)C(=O)O)C(=O)N1CCc2ccccc2C1. The van der Waals surface area contributed by atoms with Crippen molar-refractivity contribution in [1.82, 2.24) is 15.1 Å². The fourth-order valence-electron chi connectivity index (χ4n) is 5.58. The number of carboxylic acid groups (broad SMARTS) is 1. The molecule has 0 saturated heterocycles. The summed E-state index contributed by atoms with van der Waals surface area (Å²) in [4.78, 5) is 54.9. The van der Waals surface area contributed by atoms with Gasteiger partial charge in [0.05, 0.1) is 17.2 Å². The molecule has 0 spiro atoms. The number of fused-ring (bicyclic) bond motifs is 3. The zero-order valence-corrected chi connectivity index (χ0v) is 22.2. The minimum Gasteiger partial charge on any atom is -0.480 e. The second-order valence-corrected chi connectivity index (χ2v) is 10.8. The topological polar surface area (TPSA) is 107 Å². The number of carboxylic acids is 1. The number of hydrogen-bond donors (Lipinski definition) is 2. The van der Waals surface area contributed by atoms with Gasteiger partial charge in [-0.3, -0.25) is 29.4 Å². The second-order valence-electron chi connectivity index (χ2n) is 10.8. The number of nitrogens with zero attached hydrogens (tertiary/aromatic N) is 2. The first-order valence-corrected chi connectivity index (χ1v) is 13.5. The number of carbonyl (C=O) groups is 4.